The van der Waals surface area contributed by atoms with E-state index in [-0.39, 0.29) is 29.8 Å². The number of piperidine rings is 1. The Hall–Kier alpha value is -2.71. The third-order valence-corrected chi connectivity index (χ3v) is 7.27. The first kappa shape index (κ1) is 23.0. The Morgan fingerprint density at radius 1 is 0.935 bits per heavy atom. The average Bonchev–Trinajstić information content (AvgIpc) is 2.76. The lowest BCUT2D eigenvalue weighted by atomic mass is 10.1. The molecule has 0 spiro atoms. The highest BCUT2D eigenvalue weighted by Crippen LogP contribution is 2.23. The predicted molar refractivity (Wildman–Crippen MR) is 119 cm³/mol. The molecule has 1 aliphatic heterocycles. The summed E-state index contributed by atoms with van der Waals surface area (Å²) in [4.78, 5) is 24.8. The molecule has 0 radical (unpaired) electrons. The lowest BCUT2D eigenvalue weighted by Gasteiger charge is -2.26. The highest BCUT2D eigenvalue weighted by atomic mass is 32.2. The quantitative estimate of drug-likeness (QED) is 0.687. The number of sulfonamides is 1. The van der Waals surface area contributed by atoms with Crippen molar-refractivity contribution in [3.05, 3.63) is 64.7 Å². The van der Waals surface area contributed by atoms with Crippen LogP contribution >= 0.6 is 0 Å². The van der Waals surface area contributed by atoms with Crippen molar-refractivity contribution in [3.63, 3.8) is 0 Å². The molecule has 0 aromatic heterocycles. The van der Waals surface area contributed by atoms with E-state index < -0.39 is 10.0 Å². The second-order valence-corrected chi connectivity index (χ2v) is 9.81. The summed E-state index contributed by atoms with van der Waals surface area (Å²) in [6.45, 7) is 4.74. The highest BCUT2D eigenvalue weighted by molar-refractivity contribution is 7.89. The van der Waals surface area contributed by atoms with Gasteiger partial charge in [0.1, 0.15) is 0 Å². The molecule has 31 heavy (non-hydrogen) atoms. The van der Waals surface area contributed by atoms with Gasteiger partial charge < -0.3 is 10.6 Å². The number of nitrogens with zero attached hydrogens (tertiary/aromatic N) is 1. The summed E-state index contributed by atoms with van der Waals surface area (Å²) in [6, 6.07) is 12.2. The standard InChI is InChI=1S/C23H29N3O4S/c1-17-12-18(2)14-20(13-17)23(28)25-16-22(27)24-15-19-8-4-5-9-21(19)31(29,30)26-10-6-3-7-11-26/h4-5,8-9,12-14H,3,6-7,10-11,15-16H2,1-2H3,(H,24,27)(H,25,28). The Morgan fingerprint density at radius 2 is 1.58 bits per heavy atom. The van der Waals surface area contributed by atoms with E-state index >= 15 is 0 Å². The van der Waals surface area contributed by atoms with Crippen LogP contribution in [0.15, 0.2) is 47.4 Å². The van der Waals surface area contributed by atoms with Crippen molar-refractivity contribution in [2.75, 3.05) is 19.6 Å². The molecule has 0 aliphatic carbocycles. The van der Waals surface area contributed by atoms with Crippen LogP contribution in [0, 0.1) is 13.8 Å². The summed E-state index contributed by atoms with van der Waals surface area (Å²) in [6.07, 6.45) is 2.76. The summed E-state index contributed by atoms with van der Waals surface area (Å²) in [5, 5.41) is 5.32. The molecule has 1 heterocycles. The molecule has 3 rings (SSSR count). The van der Waals surface area contributed by atoms with Crippen molar-refractivity contribution in [1.82, 2.24) is 14.9 Å². The lowest BCUT2D eigenvalue weighted by molar-refractivity contribution is -0.120. The molecule has 7 nitrogen and oxygen atoms in total. The number of amides is 2. The molecule has 166 valence electrons. The number of hydrogen-bond acceptors (Lipinski definition) is 4. The number of carbonyl (C=O) groups excluding carboxylic acids is 2. The fourth-order valence-electron chi connectivity index (χ4n) is 3.77. The van der Waals surface area contributed by atoms with Gasteiger partial charge in [0.05, 0.1) is 11.4 Å². The molecule has 2 aromatic rings. The van der Waals surface area contributed by atoms with Crippen LogP contribution in [0.3, 0.4) is 0 Å². The van der Waals surface area contributed by atoms with E-state index in [0.29, 0.717) is 24.2 Å². The largest absolute Gasteiger partial charge is 0.350 e. The first-order valence-electron chi connectivity index (χ1n) is 10.5. The topological polar surface area (TPSA) is 95.6 Å². The molecule has 0 atom stereocenters. The molecule has 2 amide bonds. The van der Waals surface area contributed by atoms with Crippen LogP contribution < -0.4 is 10.6 Å². The van der Waals surface area contributed by atoms with Gasteiger partial charge in [-0.05, 0) is 50.5 Å². The van der Waals surface area contributed by atoms with E-state index in [0.717, 1.165) is 30.4 Å². The summed E-state index contributed by atoms with van der Waals surface area (Å²) >= 11 is 0. The first-order chi connectivity index (χ1) is 14.8. The highest BCUT2D eigenvalue weighted by Gasteiger charge is 2.27. The normalized spacial score (nSPS) is 14.8. The van der Waals surface area contributed by atoms with Crippen molar-refractivity contribution in [1.29, 1.82) is 0 Å². The number of nitrogens with one attached hydrogen (secondary N) is 2. The maximum atomic E-state index is 13.0. The smallest absolute Gasteiger partial charge is 0.251 e. The van der Waals surface area contributed by atoms with Crippen LogP contribution in [0.2, 0.25) is 0 Å². The number of hydrogen-bond donors (Lipinski definition) is 2. The Morgan fingerprint density at radius 3 is 2.26 bits per heavy atom. The van der Waals surface area contributed by atoms with Gasteiger partial charge in [-0.1, -0.05) is 41.8 Å². The number of rotatable bonds is 7. The van der Waals surface area contributed by atoms with E-state index in [9.17, 15) is 18.0 Å². The number of aryl methyl sites for hydroxylation is 2. The summed E-state index contributed by atoms with van der Waals surface area (Å²) < 4.78 is 27.6. The Labute approximate surface area is 183 Å². The summed E-state index contributed by atoms with van der Waals surface area (Å²) in [7, 11) is -3.60. The molecular formula is C23H29N3O4S. The van der Waals surface area contributed by atoms with Gasteiger partial charge in [-0.25, -0.2) is 8.42 Å². The fraction of sp³-hybridized carbons (Fsp3) is 0.391. The zero-order valence-corrected chi connectivity index (χ0v) is 18.8. The van der Waals surface area contributed by atoms with E-state index in [2.05, 4.69) is 10.6 Å². The molecule has 0 saturated carbocycles. The number of carbonyl (C=O) groups is 2. The van der Waals surface area contributed by atoms with Crippen LogP contribution in [0.1, 0.15) is 46.3 Å². The van der Waals surface area contributed by atoms with Crippen molar-refractivity contribution in [2.24, 2.45) is 0 Å². The van der Waals surface area contributed by atoms with Crippen molar-refractivity contribution in [2.45, 2.75) is 44.6 Å². The minimum absolute atomic E-state index is 0.0709. The molecule has 0 bridgehead atoms. The lowest BCUT2D eigenvalue weighted by Crippen LogP contribution is -2.38. The Kier molecular flexibility index (Phi) is 7.46. The molecule has 8 heteroatoms. The molecule has 0 unspecified atom stereocenters. The van der Waals surface area contributed by atoms with E-state index in [1.165, 1.54) is 4.31 Å². The van der Waals surface area contributed by atoms with Crippen molar-refractivity contribution in [3.8, 4) is 0 Å². The zero-order chi connectivity index (χ0) is 22.4. The molecular weight excluding hydrogens is 414 g/mol. The SMILES string of the molecule is Cc1cc(C)cc(C(=O)NCC(=O)NCc2ccccc2S(=O)(=O)N2CCCCC2)c1. The minimum Gasteiger partial charge on any atom is -0.350 e. The van der Waals surface area contributed by atoms with E-state index in [1.54, 1.807) is 36.4 Å². The predicted octanol–water partition coefficient (Wildman–Crippen LogP) is 2.52. The maximum absolute atomic E-state index is 13.0. The fourth-order valence-corrected chi connectivity index (χ4v) is 5.51. The summed E-state index contributed by atoms with van der Waals surface area (Å²) in [5.41, 5.74) is 2.98. The molecule has 2 N–H and O–H groups in total. The minimum atomic E-state index is -3.60. The van der Waals surface area contributed by atoms with Crippen molar-refractivity contribution < 1.29 is 18.0 Å². The van der Waals surface area contributed by atoms with Crippen molar-refractivity contribution >= 4 is 21.8 Å². The van der Waals surface area contributed by atoms with Crippen LogP contribution in [-0.2, 0) is 21.4 Å². The Balaban J connectivity index is 1.60. The van der Waals surface area contributed by atoms with Crippen LogP contribution in [0.4, 0.5) is 0 Å². The molecule has 1 aliphatic rings. The van der Waals surface area contributed by atoms with Crippen LogP contribution in [0.5, 0.6) is 0 Å². The van der Waals surface area contributed by atoms with Crippen LogP contribution in [0.25, 0.3) is 0 Å². The molecule has 2 aromatic carbocycles. The van der Waals surface area contributed by atoms with E-state index in [4.69, 9.17) is 0 Å². The maximum Gasteiger partial charge on any atom is 0.251 e. The third kappa shape index (κ3) is 5.92. The monoisotopic (exact) mass is 443 g/mol. The van der Waals surface area contributed by atoms with Gasteiger partial charge in [0.25, 0.3) is 5.91 Å². The Bertz CT molecular complexity index is 1040. The number of benzene rings is 2. The van der Waals surface area contributed by atoms with Gasteiger partial charge in [-0.15, -0.1) is 0 Å². The second kappa shape index (κ2) is 10.1. The second-order valence-electron chi connectivity index (χ2n) is 7.91. The molecule has 1 saturated heterocycles. The zero-order valence-electron chi connectivity index (χ0n) is 18.0. The third-order valence-electron chi connectivity index (χ3n) is 5.27. The van der Waals surface area contributed by atoms with Gasteiger partial charge in [0, 0.05) is 25.2 Å². The van der Waals surface area contributed by atoms with E-state index in [1.807, 2.05) is 19.9 Å². The first-order valence-corrected chi connectivity index (χ1v) is 11.9. The van der Waals surface area contributed by atoms with Crippen LogP contribution in [-0.4, -0.2) is 44.2 Å². The van der Waals surface area contributed by atoms with Gasteiger partial charge >= 0.3 is 0 Å². The van der Waals surface area contributed by atoms with Gasteiger partial charge in [-0.2, -0.15) is 4.31 Å². The summed E-state index contributed by atoms with van der Waals surface area (Å²) in [5.74, 6) is -0.710. The average molecular weight is 444 g/mol. The molecule has 1 fully saturated rings. The van der Waals surface area contributed by atoms with Gasteiger partial charge in [-0.3, -0.25) is 9.59 Å². The van der Waals surface area contributed by atoms with Gasteiger partial charge in [0.15, 0.2) is 0 Å². The van der Waals surface area contributed by atoms with Gasteiger partial charge in [0.2, 0.25) is 15.9 Å².